The molecule has 0 aromatic heterocycles. The number of unbranched alkanes of at least 4 members (excludes halogenated alkanes) is 4. The highest BCUT2D eigenvalue weighted by Gasteiger charge is 2.05. The molecule has 0 unspecified atom stereocenters. The molecule has 1 N–H and O–H groups in total. The maximum atomic E-state index is 8.58. The van der Waals surface area contributed by atoms with Gasteiger partial charge in [-0.15, -0.1) is 23.7 Å². The number of ether oxygens (including phenoxy) is 1. The lowest BCUT2D eigenvalue weighted by Gasteiger charge is -2.10. The molecule has 0 aliphatic heterocycles. The van der Waals surface area contributed by atoms with Crippen molar-refractivity contribution in [2.45, 2.75) is 65.2 Å². The Labute approximate surface area is 137 Å². The second-order valence-electron chi connectivity index (χ2n) is 5.22. The van der Waals surface area contributed by atoms with E-state index in [2.05, 4.69) is 49.4 Å². The van der Waals surface area contributed by atoms with E-state index in [1.807, 2.05) is 0 Å². The topological polar surface area (TPSA) is 29.5 Å². The molecule has 0 heterocycles. The monoisotopic (exact) mass is 302 g/mol. The van der Waals surface area contributed by atoms with Crippen molar-refractivity contribution in [2.24, 2.45) is 5.92 Å². The molecule has 0 atom stereocenters. The van der Waals surface area contributed by atoms with Crippen LogP contribution in [0.3, 0.4) is 0 Å². The zero-order valence-corrected chi connectivity index (χ0v) is 14.2. The van der Waals surface area contributed by atoms with E-state index in [0.29, 0.717) is 19.1 Å². The van der Waals surface area contributed by atoms with Crippen LogP contribution in [0.2, 0.25) is 0 Å². The van der Waals surface area contributed by atoms with Gasteiger partial charge in [-0.1, -0.05) is 38.5 Å². The first-order valence-corrected chi connectivity index (χ1v) is 8.40. The Bertz CT molecular complexity index is 392. The smallest absolute Gasteiger partial charge is 0.107 e. The van der Waals surface area contributed by atoms with Gasteiger partial charge >= 0.3 is 0 Å². The fourth-order valence-corrected chi connectivity index (χ4v) is 1.71. The van der Waals surface area contributed by atoms with Crippen LogP contribution in [0.15, 0.2) is 0 Å². The van der Waals surface area contributed by atoms with E-state index in [0.717, 1.165) is 25.7 Å². The fraction of sp³-hybridized carbons (Fsp3) is 0.700. The molecule has 0 amide bonds. The second kappa shape index (κ2) is 17.7. The molecule has 0 fully saturated rings. The maximum absolute atomic E-state index is 8.58. The van der Waals surface area contributed by atoms with Gasteiger partial charge in [-0.2, -0.15) is 0 Å². The lowest BCUT2D eigenvalue weighted by atomic mass is 10.0. The Hall–Kier alpha value is -1.40. The minimum Gasteiger partial charge on any atom is -0.384 e. The van der Waals surface area contributed by atoms with E-state index in [4.69, 9.17) is 9.84 Å². The van der Waals surface area contributed by atoms with Crippen LogP contribution in [0.1, 0.15) is 65.2 Å². The lowest BCUT2D eigenvalue weighted by molar-refractivity contribution is 0.129. The summed E-state index contributed by atoms with van der Waals surface area (Å²) in [6.45, 7) is 5.24. The molecule has 0 aliphatic rings. The molecule has 22 heavy (non-hydrogen) atoms. The number of rotatable bonds is 9. The molecule has 0 bridgehead atoms. The predicted octanol–water partition coefficient (Wildman–Crippen LogP) is 3.78. The molecule has 0 spiro atoms. The number of hydrogen-bond donors (Lipinski definition) is 1. The van der Waals surface area contributed by atoms with Crippen molar-refractivity contribution in [3.8, 4) is 35.5 Å². The van der Waals surface area contributed by atoms with Crippen molar-refractivity contribution >= 4 is 0 Å². The summed E-state index contributed by atoms with van der Waals surface area (Å²) in [5.41, 5.74) is 0. The summed E-state index contributed by atoms with van der Waals surface area (Å²) in [6.07, 6.45) is 8.34. The van der Waals surface area contributed by atoms with Crippen molar-refractivity contribution in [1.29, 1.82) is 0 Å². The molecule has 0 rings (SSSR count). The van der Waals surface area contributed by atoms with Crippen LogP contribution < -0.4 is 0 Å². The average molecular weight is 302 g/mol. The van der Waals surface area contributed by atoms with Crippen LogP contribution in [-0.4, -0.2) is 24.9 Å². The van der Waals surface area contributed by atoms with Crippen LogP contribution in [0.4, 0.5) is 0 Å². The average Bonchev–Trinajstić information content (AvgIpc) is 2.53. The number of aliphatic hydroxyl groups excluding tert-OH is 1. The molecular weight excluding hydrogens is 272 g/mol. The fourth-order valence-electron chi connectivity index (χ4n) is 1.71. The standard InChI is InChI=1S/C20H30O2/c1-3-5-7-9-11-15-20(16-12-10-8-6-4-2)19-22-18-14-13-17-21/h20-21H,3-8,15-19H2,1-2H3. The van der Waals surface area contributed by atoms with E-state index in [1.54, 1.807) is 0 Å². The van der Waals surface area contributed by atoms with Gasteiger partial charge in [0.05, 0.1) is 6.61 Å². The SMILES string of the molecule is CCCCC#CCC(CC#CCCCC)COCC#CCO. The number of hydrogen-bond acceptors (Lipinski definition) is 2. The van der Waals surface area contributed by atoms with Crippen molar-refractivity contribution in [1.82, 2.24) is 0 Å². The van der Waals surface area contributed by atoms with Crippen LogP contribution in [0.5, 0.6) is 0 Å². The third kappa shape index (κ3) is 15.0. The molecule has 122 valence electrons. The van der Waals surface area contributed by atoms with Gasteiger partial charge in [0.1, 0.15) is 13.2 Å². The molecule has 0 radical (unpaired) electrons. The van der Waals surface area contributed by atoms with E-state index < -0.39 is 0 Å². The third-order valence-electron chi connectivity index (χ3n) is 3.07. The van der Waals surface area contributed by atoms with Crippen molar-refractivity contribution < 1.29 is 9.84 Å². The molecule has 2 nitrogen and oxygen atoms in total. The van der Waals surface area contributed by atoms with Crippen molar-refractivity contribution in [3.63, 3.8) is 0 Å². The van der Waals surface area contributed by atoms with Crippen LogP contribution in [-0.2, 0) is 4.74 Å². The highest BCUT2D eigenvalue weighted by Crippen LogP contribution is 2.08. The Morgan fingerprint density at radius 3 is 1.91 bits per heavy atom. The van der Waals surface area contributed by atoms with Gasteiger partial charge in [-0.25, -0.2) is 0 Å². The van der Waals surface area contributed by atoms with Gasteiger partial charge in [-0.3, -0.25) is 0 Å². The second-order valence-corrected chi connectivity index (χ2v) is 5.22. The molecule has 0 aromatic rings. The van der Waals surface area contributed by atoms with E-state index >= 15 is 0 Å². The van der Waals surface area contributed by atoms with Gasteiger partial charge < -0.3 is 9.84 Å². The summed E-state index contributed by atoms with van der Waals surface area (Å²) >= 11 is 0. The normalized spacial score (nSPS) is 9.27. The first-order valence-electron chi connectivity index (χ1n) is 8.40. The largest absolute Gasteiger partial charge is 0.384 e. The predicted molar refractivity (Wildman–Crippen MR) is 93.0 cm³/mol. The molecule has 0 saturated heterocycles. The molecule has 0 aromatic carbocycles. The summed E-state index contributed by atoms with van der Waals surface area (Å²) in [4.78, 5) is 0. The summed E-state index contributed by atoms with van der Waals surface area (Å²) in [6, 6.07) is 0. The summed E-state index contributed by atoms with van der Waals surface area (Å²) in [5.74, 6) is 18.6. The van der Waals surface area contributed by atoms with Gasteiger partial charge in [0, 0.05) is 31.6 Å². The van der Waals surface area contributed by atoms with Crippen molar-refractivity contribution in [2.75, 3.05) is 19.8 Å². The molecule has 0 saturated carbocycles. The summed E-state index contributed by atoms with van der Waals surface area (Å²) in [5, 5.41) is 8.58. The summed E-state index contributed by atoms with van der Waals surface area (Å²) < 4.78 is 5.53. The molecule has 0 aliphatic carbocycles. The molecular formula is C20H30O2. The molecule has 2 heteroatoms. The zero-order chi connectivity index (χ0) is 16.3. The first-order chi connectivity index (χ1) is 10.8. The Kier molecular flexibility index (Phi) is 16.5. The van der Waals surface area contributed by atoms with E-state index in [-0.39, 0.29) is 6.61 Å². The first kappa shape index (κ1) is 20.6. The van der Waals surface area contributed by atoms with Gasteiger partial charge in [0.25, 0.3) is 0 Å². The minimum absolute atomic E-state index is 0.113. The quantitative estimate of drug-likeness (QED) is 0.519. The lowest BCUT2D eigenvalue weighted by Crippen LogP contribution is -2.09. The van der Waals surface area contributed by atoms with Crippen LogP contribution in [0.25, 0.3) is 0 Å². The minimum atomic E-state index is -0.113. The maximum Gasteiger partial charge on any atom is 0.107 e. The Morgan fingerprint density at radius 2 is 1.41 bits per heavy atom. The van der Waals surface area contributed by atoms with Crippen LogP contribution >= 0.6 is 0 Å². The van der Waals surface area contributed by atoms with Crippen molar-refractivity contribution in [3.05, 3.63) is 0 Å². The van der Waals surface area contributed by atoms with Crippen LogP contribution in [0, 0.1) is 41.4 Å². The van der Waals surface area contributed by atoms with Gasteiger partial charge in [0.15, 0.2) is 0 Å². The highest BCUT2D eigenvalue weighted by atomic mass is 16.5. The number of aliphatic hydroxyl groups is 1. The Balaban J connectivity index is 4.15. The summed E-state index contributed by atoms with van der Waals surface area (Å²) in [7, 11) is 0. The van der Waals surface area contributed by atoms with E-state index in [9.17, 15) is 0 Å². The Morgan fingerprint density at radius 1 is 0.818 bits per heavy atom. The zero-order valence-electron chi connectivity index (χ0n) is 14.2. The van der Waals surface area contributed by atoms with Gasteiger partial charge in [0.2, 0.25) is 0 Å². The highest BCUT2D eigenvalue weighted by molar-refractivity contribution is 5.04. The third-order valence-corrected chi connectivity index (χ3v) is 3.07. The van der Waals surface area contributed by atoms with E-state index in [1.165, 1.54) is 25.7 Å². The van der Waals surface area contributed by atoms with Gasteiger partial charge in [-0.05, 0) is 12.8 Å².